The molecule has 19 heavy (non-hydrogen) atoms. The molecule has 0 aromatic heterocycles. The van der Waals surface area contributed by atoms with E-state index in [1.54, 1.807) is 12.1 Å². The number of aryl methyl sites for hydroxylation is 1. The van der Waals surface area contributed by atoms with Crippen LogP contribution in [0, 0.1) is 0 Å². The van der Waals surface area contributed by atoms with Gasteiger partial charge in [0, 0.05) is 0 Å². The maximum Gasteiger partial charge on any atom is 0.299 e. The molecule has 0 aliphatic carbocycles. The second-order valence-corrected chi connectivity index (χ2v) is 6.18. The third-order valence-electron chi connectivity index (χ3n) is 2.77. The molecule has 1 N–H and O–H groups in total. The summed E-state index contributed by atoms with van der Waals surface area (Å²) in [5, 5.41) is 9.02. The van der Waals surface area contributed by atoms with Crippen LogP contribution in [0.1, 0.15) is 45.1 Å². The summed E-state index contributed by atoms with van der Waals surface area (Å²) in [6, 6.07) is 6.71. The molecule has 1 rings (SSSR count). The zero-order valence-electron chi connectivity index (χ0n) is 11.5. The molecular formula is C14H22O4S. The molecule has 1 aromatic rings. The highest BCUT2D eigenvalue weighted by Gasteiger charge is 2.17. The first kappa shape index (κ1) is 16.1. The van der Waals surface area contributed by atoms with E-state index < -0.39 is 16.4 Å². The van der Waals surface area contributed by atoms with Crippen molar-refractivity contribution in [3.05, 3.63) is 29.8 Å². The van der Waals surface area contributed by atoms with Crippen molar-refractivity contribution in [1.82, 2.24) is 0 Å². The fourth-order valence-electron chi connectivity index (χ4n) is 1.85. The minimum absolute atomic E-state index is 0.0985. The van der Waals surface area contributed by atoms with Crippen molar-refractivity contribution in [3.8, 4) is 0 Å². The van der Waals surface area contributed by atoms with Crippen LogP contribution in [0.5, 0.6) is 0 Å². The van der Waals surface area contributed by atoms with Gasteiger partial charge in [-0.2, -0.15) is 8.42 Å². The number of aliphatic hydroxyl groups is 1. The SMILES string of the molecule is CCCCCCc1cccc(S(=O)(=O)OC(C)O)c1. The predicted molar refractivity (Wildman–Crippen MR) is 74.2 cm³/mol. The Kier molecular flexibility index (Phi) is 6.48. The van der Waals surface area contributed by atoms with E-state index in [0.29, 0.717) is 0 Å². The lowest BCUT2D eigenvalue weighted by Gasteiger charge is -2.09. The number of unbranched alkanes of at least 4 members (excludes halogenated alkanes) is 3. The molecular weight excluding hydrogens is 264 g/mol. The quantitative estimate of drug-likeness (QED) is 0.453. The molecule has 0 amide bonds. The van der Waals surface area contributed by atoms with Gasteiger partial charge < -0.3 is 5.11 Å². The summed E-state index contributed by atoms with van der Waals surface area (Å²) >= 11 is 0. The van der Waals surface area contributed by atoms with Crippen LogP contribution in [-0.2, 0) is 20.7 Å². The van der Waals surface area contributed by atoms with Crippen molar-refractivity contribution in [3.63, 3.8) is 0 Å². The monoisotopic (exact) mass is 286 g/mol. The standard InChI is InChI=1S/C14H22O4S/c1-3-4-5-6-8-13-9-7-10-14(11-13)19(16,17)18-12(2)15/h7,9-12,15H,3-6,8H2,1-2H3. The van der Waals surface area contributed by atoms with E-state index >= 15 is 0 Å². The smallest absolute Gasteiger partial charge is 0.299 e. The highest BCUT2D eigenvalue weighted by Crippen LogP contribution is 2.17. The van der Waals surface area contributed by atoms with Gasteiger partial charge in [0.05, 0.1) is 4.90 Å². The molecule has 1 unspecified atom stereocenters. The van der Waals surface area contributed by atoms with Gasteiger partial charge in [-0.15, -0.1) is 0 Å². The first-order chi connectivity index (χ1) is 8.95. The van der Waals surface area contributed by atoms with Gasteiger partial charge in [-0.05, 0) is 37.5 Å². The molecule has 0 aliphatic heterocycles. The number of rotatable bonds is 8. The third-order valence-corrected chi connectivity index (χ3v) is 4.14. The maximum atomic E-state index is 11.8. The van der Waals surface area contributed by atoms with Gasteiger partial charge >= 0.3 is 0 Å². The molecule has 0 saturated carbocycles. The van der Waals surface area contributed by atoms with Crippen LogP contribution in [0.4, 0.5) is 0 Å². The van der Waals surface area contributed by atoms with Crippen molar-refractivity contribution in [1.29, 1.82) is 0 Å². The zero-order valence-corrected chi connectivity index (χ0v) is 12.3. The summed E-state index contributed by atoms with van der Waals surface area (Å²) in [4.78, 5) is 0.0985. The number of hydrogen-bond acceptors (Lipinski definition) is 4. The molecule has 0 fully saturated rings. The van der Waals surface area contributed by atoms with Crippen molar-refractivity contribution in [2.45, 2.75) is 57.1 Å². The van der Waals surface area contributed by atoms with E-state index in [9.17, 15) is 8.42 Å². The van der Waals surface area contributed by atoms with Crippen molar-refractivity contribution in [2.24, 2.45) is 0 Å². The molecule has 5 heteroatoms. The van der Waals surface area contributed by atoms with E-state index in [1.807, 2.05) is 6.07 Å². The predicted octanol–water partition coefficient (Wildman–Crippen LogP) is 2.85. The summed E-state index contributed by atoms with van der Waals surface area (Å²) in [5.74, 6) is 0. The van der Waals surface area contributed by atoms with Gasteiger partial charge in [-0.25, -0.2) is 4.18 Å². The highest BCUT2D eigenvalue weighted by atomic mass is 32.2. The van der Waals surface area contributed by atoms with Crippen molar-refractivity contribution in [2.75, 3.05) is 0 Å². The van der Waals surface area contributed by atoms with Crippen LogP contribution in [0.2, 0.25) is 0 Å². The second kappa shape index (κ2) is 7.62. The van der Waals surface area contributed by atoms with Crippen LogP contribution < -0.4 is 0 Å². The molecule has 1 aromatic carbocycles. The first-order valence-corrected chi connectivity index (χ1v) is 8.07. The number of aliphatic hydroxyl groups excluding tert-OH is 1. The Hall–Kier alpha value is -0.910. The molecule has 0 aliphatic rings. The molecule has 108 valence electrons. The fraction of sp³-hybridized carbons (Fsp3) is 0.571. The van der Waals surface area contributed by atoms with Crippen LogP contribution in [0.25, 0.3) is 0 Å². The van der Waals surface area contributed by atoms with Gasteiger partial charge in [0.15, 0.2) is 6.29 Å². The van der Waals surface area contributed by atoms with E-state index in [4.69, 9.17) is 5.11 Å². The molecule has 0 spiro atoms. The Morgan fingerprint density at radius 1 is 1.26 bits per heavy atom. The lowest BCUT2D eigenvalue weighted by Crippen LogP contribution is -2.14. The van der Waals surface area contributed by atoms with Gasteiger partial charge in [0.1, 0.15) is 0 Å². The van der Waals surface area contributed by atoms with Crippen LogP contribution >= 0.6 is 0 Å². The maximum absolute atomic E-state index is 11.8. The summed E-state index contributed by atoms with van der Waals surface area (Å²) in [6.07, 6.45) is 4.10. The average molecular weight is 286 g/mol. The summed E-state index contributed by atoms with van der Waals surface area (Å²) in [7, 11) is -3.87. The van der Waals surface area contributed by atoms with Gasteiger partial charge in [0.2, 0.25) is 0 Å². The van der Waals surface area contributed by atoms with Crippen LogP contribution in [0.3, 0.4) is 0 Å². The number of benzene rings is 1. The third kappa shape index (κ3) is 5.72. The van der Waals surface area contributed by atoms with Gasteiger partial charge in [0.25, 0.3) is 10.1 Å². The van der Waals surface area contributed by atoms with Gasteiger partial charge in [-0.1, -0.05) is 38.3 Å². The Morgan fingerprint density at radius 2 is 2.00 bits per heavy atom. The van der Waals surface area contributed by atoms with E-state index in [2.05, 4.69) is 11.1 Å². The zero-order chi connectivity index (χ0) is 14.3. The Labute approximate surface area is 115 Å². The lowest BCUT2D eigenvalue weighted by atomic mass is 10.1. The Balaban J connectivity index is 2.71. The van der Waals surface area contributed by atoms with Gasteiger partial charge in [-0.3, -0.25) is 0 Å². The summed E-state index contributed by atoms with van der Waals surface area (Å²) in [6.45, 7) is 3.42. The van der Waals surface area contributed by atoms with E-state index in [1.165, 1.54) is 25.8 Å². The Bertz CT molecular complexity index is 480. The molecule has 0 bridgehead atoms. The largest absolute Gasteiger partial charge is 0.367 e. The highest BCUT2D eigenvalue weighted by molar-refractivity contribution is 7.86. The fourth-order valence-corrected chi connectivity index (χ4v) is 2.87. The minimum Gasteiger partial charge on any atom is -0.367 e. The molecule has 0 saturated heterocycles. The molecule has 0 radical (unpaired) electrons. The molecule has 4 nitrogen and oxygen atoms in total. The topological polar surface area (TPSA) is 63.6 Å². The van der Waals surface area contributed by atoms with Crippen molar-refractivity contribution >= 4 is 10.1 Å². The van der Waals surface area contributed by atoms with E-state index in [0.717, 1.165) is 24.8 Å². The summed E-state index contributed by atoms with van der Waals surface area (Å²) in [5.41, 5.74) is 0.978. The van der Waals surface area contributed by atoms with Crippen molar-refractivity contribution < 1.29 is 17.7 Å². The number of hydrogen-bond donors (Lipinski definition) is 1. The Morgan fingerprint density at radius 3 is 2.63 bits per heavy atom. The molecule has 1 atom stereocenters. The minimum atomic E-state index is -3.87. The van der Waals surface area contributed by atoms with Crippen LogP contribution in [-0.4, -0.2) is 19.8 Å². The normalized spacial score (nSPS) is 13.4. The average Bonchev–Trinajstić information content (AvgIpc) is 2.34. The van der Waals surface area contributed by atoms with E-state index in [-0.39, 0.29) is 4.90 Å². The lowest BCUT2D eigenvalue weighted by molar-refractivity contribution is 0.00540. The first-order valence-electron chi connectivity index (χ1n) is 6.66. The molecule has 0 heterocycles. The summed E-state index contributed by atoms with van der Waals surface area (Å²) < 4.78 is 28.1. The van der Waals surface area contributed by atoms with Crippen LogP contribution in [0.15, 0.2) is 29.2 Å². The second-order valence-electron chi connectivity index (χ2n) is 4.61.